The molecule has 0 fully saturated rings. The molecule has 0 saturated heterocycles. The molecule has 0 aliphatic carbocycles. The van der Waals surface area contributed by atoms with Crippen molar-refractivity contribution in [2.75, 3.05) is 24.5 Å². The van der Waals surface area contributed by atoms with Crippen LogP contribution in [0.5, 0.6) is 5.75 Å². The number of halogens is 1. The monoisotopic (exact) mass is 631 g/mol. The highest BCUT2D eigenvalue weighted by Crippen LogP contribution is 2.33. The number of anilines is 1. The van der Waals surface area contributed by atoms with Gasteiger partial charge in [-0.2, -0.15) is 0 Å². The van der Waals surface area contributed by atoms with Gasteiger partial charge in [0.2, 0.25) is 11.8 Å². The van der Waals surface area contributed by atoms with Crippen molar-refractivity contribution >= 4 is 27.5 Å². The minimum atomic E-state index is -4.30. The van der Waals surface area contributed by atoms with Crippen LogP contribution in [0.2, 0.25) is 0 Å². The number of rotatable bonds is 14. The van der Waals surface area contributed by atoms with Crippen LogP contribution in [0, 0.1) is 12.7 Å². The fourth-order valence-corrected chi connectivity index (χ4v) is 6.34. The molecule has 0 aliphatic heterocycles. The second-order valence-corrected chi connectivity index (χ2v) is 12.5. The minimum absolute atomic E-state index is 0.0195. The van der Waals surface area contributed by atoms with Gasteiger partial charge in [0.05, 0.1) is 17.7 Å². The number of carbonyl (C=O) groups is 2. The lowest BCUT2D eigenvalue weighted by molar-refractivity contribution is -0.140. The summed E-state index contributed by atoms with van der Waals surface area (Å²) < 4.78 is 49.9. The summed E-state index contributed by atoms with van der Waals surface area (Å²) in [5.41, 5.74) is 1.99. The van der Waals surface area contributed by atoms with Crippen LogP contribution >= 0.6 is 0 Å². The summed E-state index contributed by atoms with van der Waals surface area (Å²) in [4.78, 5) is 29.4. The number of sulfonamides is 1. The van der Waals surface area contributed by atoms with Crippen LogP contribution < -0.4 is 14.4 Å². The molecule has 236 valence electrons. The van der Waals surface area contributed by atoms with E-state index in [9.17, 15) is 18.0 Å². The van der Waals surface area contributed by atoms with Crippen molar-refractivity contribution in [3.8, 4) is 5.75 Å². The molecule has 45 heavy (non-hydrogen) atoms. The molecule has 4 rings (SSSR count). The third-order valence-corrected chi connectivity index (χ3v) is 9.13. The zero-order valence-electron chi connectivity index (χ0n) is 25.6. The normalized spacial score (nSPS) is 11.8. The molecule has 0 radical (unpaired) electrons. The molecule has 4 aromatic carbocycles. The molecule has 1 atom stereocenters. The Morgan fingerprint density at radius 3 is 2.20 bits per heavy atom. The van der Waals surface area contributed by atoms with Gasteiger partial charge in [-0.3, -0.25) is 13.9 Å². The van der Waals surface area contributed by atoms with E-state index in [-0.39, 0.29) is 34.9 Å². The van der Waals surface area contributed by atoms with E-state index >= 15 is 4.39 Å². The highest BCUT2D eigenvalue weighted by Gasteiger charge is 2.35. The summed E-state index contributed by atoms with van der Waals surface area (Å²) in [6, 6.07) is 26.9. The van der Waals surface area contributed by atoms with E-state index < -0.39 is 40.2 Å². The zero-order valence-corrected chi connectivity index (χ0v) is 26.5. The molecule has 1 N–H and O–H groups in total. The van der Waals surface area contributed by atoms with Crippen molar-refractivity contribution in [2.45, 2.75) is 44.2 Å². The molecule has 0 bridgehead atoms. The molecule has 10 heteroatoms. The number of carbonyl (C=O) groups excluding carboxylic acids is 2. The third-order valence-electron chi connectivity index (χ3n) is 7.36. The number of nitrogens with one attached hydrogen (secondary N) is 1. The first kappa shape index (κ1) is 33.2. The summed E-state index contributed by atoms with van der Waals surface area (Å²) in [6.45, 7) is 3.20. The van der Waals surface area contributed by atoms with E-state index in [1.165, 1.54) is 36.3 Å². The van der Waals surface area contributed by atoms with Gasteiger partial charge in [-0.05, 0) is 49.2 Å². The van der Waals surface area contributed by atoms with Crippen LogP contribution in [-0.2, 0) is 32.6 Å². The van der Waals surface area contributed by atoms with Crippen LogP contribution in [0.15, 0.2) is 108 Å². The number of hydrogen-bond acceptors (Lipinski definition) is 5. The first-order valence-corrected chi connectivity index (χ1v) is 16.2. The van der Waals surface area contributed by atoms with Gasteiger partial charge in [0, 0.05) is 25.1 Å². The first-order chi connectivity index (χ1) is 21.6. The van der Waals surface area contributed by atoms with Crippen LogP contribution in [0.25, 0.3) is 0 Å². The smallest absolute Gasteiger partial charge is 0.264 e. The number of methoxy groups -OCH3 is 1. The highest BCUT2D eigenvalue weighted by molar-refractivity contribution is 7.92. The maximum Gasteiger partial charge on any atom is 0.264 e. The number of benzene rings is 4. The second kappa shape index (κ2) is 15.3. The van der Waals surface area contributed by atoms with E-state index in [2.05, 4.69) is 5.32 Å². The van der Waals surface area contributed by atoms with Crippen LogP contribution in [0.1, 0.15) is 30.0 Å². The molecule has 2 amide bonds. The Morgan fingerprint density at radius 1 is 0.889 bits per heavy atom. The molecular weight excluding hydrogens is 593 g/mol. The zero-order chi connectivity index (χ0) is 32.4. The SMILES string of the molecule is CCCNC(=O)C(Cc1ccccc1)N(Cc1ccccc1F)C(=O)CN(c1ccccc1OC)S(=O)(=O)c1ccc(C)cc1. The number of nitrogens with zero attached hydrogens (tertiary/aromatic N) is 2. The van der Waals surface area contributed by atoms with Gasteiger partial charge in [0.15, 0.2) is 0 Å². The summed E-state index contributed by atoms with van der Waals surface area (Å²) in [5, 5.41) is 2.87. The molecule has 0 saturated carbocycles. The van der Waals surface area contributed by atoms with Crippen molar-refractivity contribution in [3.63, 3.8) is 0 Å². The van der Waals surface area contributed by atoms with Gasteiger partial charge in [-0.1, -0.05) is 85.3 Å². The van der Waals surface area contributed by atoms with Gasteiger partial charge in [0.1, 0.15) is 24.2 Å². The Hall–Kier alpha value is -4.70. The summed E-state index contributed by atoms with van der Waals surface area (Å²) >= 11 is 0. The Balaban J connectivity index is 1.83. The van der Waals surface area contributed by atoms with Crippen molar-refractivity contribution < 1.29 is 27.1 Å². The van der Waals surface area contributed by atoms with E-state index in [1.54, 1.807) is 48.5 Å². The lowest BCUT2D eigenvalue weighted by atomic mass is 10.0. The van der Waals surface area contributed by atoms with Crippen molar-refractivity contribution in [2.24, 2.45) is 0 Å². The molecule has 0 aliphatic rings. The number of amides is 2. The topological polar surface area (TPSA) is 96.0 Å². The molecule has 8 nitrogen and oxygen atoms in total. The van der Waals surface area contributed by atoms with Crippen LogP contribution in [0.3, 0.4) is 0 Å². The van der Waals surface area contributed by atoms with Crippen molar-refractivity contribution in [3.05, 3.63) is 126 Å². The van der Waals surface area contributed by atoms with Gasteiger partial charge < -0.3 is 15.0 Å². The number of ether oxygens (including phenoxy) is 1. The van der Waals surface area contributed by atoms with Gasteiger partial charge in [0.25, 0.3) is 10.0 Å². The predicted molar refractivity (Wildman–Crippen MR) is 173 cm³/mol. The van der Waals surface area contributed by atoms with Gasteiger partial charge in [-0.25, -0.2) is 12.8 Å². The lowest BCUT2D eigenvalue weighted by Crippen LogP contribution is -2.53. The molecule has 0 spiro atoms. The fraction of sp³-hybridized carbons (Fsp3) is 0.257. The summed E-state index contributed by atoms with van der Waals surface area (Å²) in [5.74, 6) is -1.41. The van der Waals surface area contributed by atoms with Gasteiger partial charge in [-0.15, -0.1) is 0 Å². The molecule has 4 aromatic rings. The third kappa shape index (κ3) is 8.27. The van der Waals surface area contributed by atoms with Gasteiger partial charge >= 0.3 is 0 Å². The molecule has 1 unspecified atom stereocenters. The number of para-hydroxylation sites is 2. The van der Waals surface area contributed by atoms with E-state index in [0.717, 1.165) is 15.4 Å². The maximum atomic E-state index is 15.0. The van der Waals surface area contributed by atoms with E-state index in [1.807, 2.05) is 44.2 Å². The largest absolute Gasteiger partial charge is 0.495 e. The van der Waals surface area contributed by atoms with Crippen molar-refractivity contribution in [1.29, 1.82) is 0 Å². The first-order valence-electron chi connectivity index (χ1n) is 14.7. The highest BCUT2D eigenvalue weighted by atomic mass is 32.2. The predicted octanol–water partition coefficient (Wildman–Crippen LogP) is 5.50. The molecule has 0 heterocycles. The summed E-state index contributed by atoms with van der Waals surface area (Å²) in [7, 11) is -2.89. The van der Waals surface area contributed by atoms with E-state index in [0.29, 0.717) is 13.0 Å². The average molecular weight is 632 g/mol. The Labute approximate surface area is 264 Å². The maximum absolute atomic E-state index is 15.0. The minimum Gasteiger partial charge on any atom is -0.495 e. The Kier molecular flexibility index (Phi) is 11.3. The van der Waals surface area contributed by atoms with Crippen molar-refractivity contribution in [1.82, 2.24) is 10.2 Å². The lowest BCUT2D eigenvalue weighted by Gasteiger charge is -2.34. The second-order valence-electron chi connectivity index (χ2n) is 10.6. The standard InChI is InChI=1S/C35H38FN3O5S/c1-4-22-37-35(41)32(23-27-12-6-5-7-13-27)38(24-28-14-8-9-15-30(28)36)34(40)25-39(31-16-10-11-17-33(31)44-3)45(42,43)29-20-18-26(2)19-21-29/h5-21,32H,4,22-25H2,1-3H3,(H,37,41). The number of hydrogen-bond donors (Lipinski definition) is 1. The quantitative estimate of drug-likeness (QED) is 0.198. The molecular formula is C35H38FN3O5S. The van der Waals surface area contributed by atoms with E-state index in [4.69, 9.17) is 4.74 Å². The Bertz CT molecular complexity index is 1700. The van der Waals surface area contributed by atoms with Crippen LogP contribution in [-0.4, -0.2) is 51.4 Å². The molecule has 0 aromatic heterocycles. The van der Waals surface area contributed by atoms with Crippen LogP contribution in [0.4, 0.5) is 10.1 Å². The summed E-state index contributed by atoms with van der Waals surface area (Å²) in [6.07, 6.45) is 0.803. The fourth-order valence-electron chi connectivity index (χ4n) is 4.92. The average Bonchev–Trinajstić information content (AvgIpc) is 3.05. The Morgan fingerprint density at radius 2 is 1.53 bits per heavy atom. The number of aryl methyl sites for hydroxylation is 1.